The van der Waals surface area contributed by atoms with Gasteiger partial charge in [-0.15, -0.1) is 0 Å². The Kier molecular flexibility index (Phi) is 6.47. The van der Waals surface area contributed by atoms with Gasteiger partial charge in [-0.3, -0.25) is 5.43 Å². The lowest BCUT2D eigenvalue weighted by atomic mass is 10.2. The van der Waals surface area contributed by atoms with Crippen LogP contribution in [0.3, 0.4) is 0 Å². The van der Waals surface area contributed by atoms with E-state index in [0.717, 1.165) is 5.56 Å². The molecule has 0 aliphatic carbocycles. The average molecular weight is 389 g/mol. The minimum absolute atomic E-state index is 0.0807. The van der Waals surface area contributed by atoms with Crippen LogP contribution >= 0.6 is 47.0 Å². The molecule has 0 unspecified atom stereocenters. The second kappa shape index (κ2) is 8.36. The van der Waals surface area contributed by atoms with Gasteiger partial charge < -0.3 is 10.5 Å². The van der Waals surface area contributed by atoms with Crippen LogP contribution in [0.25, 0.3) is 0 Å². The molecule has 0 aromatic heterocycles. The molecule has 0 aliphatic heterocycles. The van der Waals surface area contributed by atoms with Crippen molar-refractivity contribution in [2.75, 3.05) is 0 Å². The summed E-state index contributed by atoms with van der Waals surface area (Å²) in [6.45, 7) is 0.172. The summed E-state index contributed by atoms with van der Waals surface area (Å²) in [5.74, 6) is 0.605. The van der Waals surface area contributed by atoms with Crippen LogP contribution in [0.5, 0.6) is 5.75 Å². The highest BCUT2D eigenvalue weighted by Gasteiger charge is 2.11. The van der Waals surface area contributed by atoms with Gasteiger partial charge in [0.15, 0.2) is 5.11 Å². The second-order valence-corrected chi connectivity index (χ2v) is 6.01. The summed E-state index contributed by atoms with van der Waals surface area (Å²) in [5.41, 5.74) is 9.15. The highest BCUT2D eigenvalue weighted by atomic mass is 35.5. The SMILES string of the molecule is NC(=S)N/N=C\c1ccccc1OCc1c(Cl)ccc(Cl)c1Cl. The van der Waals surface area contributed by atoms with Crippen molar-refractivity contribution in [1.29, 1.82) is 0 Å². The van der Waals surface area contributed by atoms with Gasteiger partial charge >= 0.3 is 0 Å². The lowest BCUT2D eigenvalue weighted by Crippen LogP contribution is -2.24. The fourth-order valence-corrected chi connectivity index (χ4v) is 2.44. The normalized spacial score (nSPS) is 10.7. The van der Waals surface area contributed by atoms with Gasteiger partial charge in [0.25, 0.3) is 0 Å². The van der Waals surface area contributed by atoms with Crippen LogP contribution in [0.1, 0.15) is 11.1 Å². The van der Waals surface area contributed by atoms with Crippen LogP contribution in [0, 0.1) is 0 Å². The van der Waals surface area contributed by atoms with Gasteiger partial charge in [-0.25, -0.2) is 0 Å². The molecule has 0 fully saturated rings. The first-order valence-electron chi connectivity index (χ1n) is 6.41. The summed E-state index contributed by atoms with van der Waals surface area (Å²) in [6, 6.07) is 10.6. The first-order valence-corrected chi connectivity index (χ1v) is 7.96. The van der Waals surface area contributed by atoms with Crippen molar-refractivity contribution in [3.63, 3.8) is 0 Å². The number of halogens is 3. The number of ether oxygens (including phenoxy) is 1. The number of hydrazone groups is 1. The summed E-state index contributed by atoms with van der Waals surface area (Å²) in [6.07, 6.45) is 1.55. The average Bonchev–Trinajstić information content (AvgIpc) is 2.52. The van der Waals surface area contributed by atoms with Crippen LogP contribution in [0.2, 0.25) is 15.1 Å². The third kappa shape index (κ3) is 4.97. The summed E-state index contributed by atoms with van der Waals surface area (Å²) in [4.78, 5) is 0. The fraction of sp³-hybridized carbons (Fsp3) is 0.0667. The monoisotopic (exact) mass is 387 g/mol. The molecule has 0 saturated carbocycles. The fourth-order valence-electron chi connectivity index (χ4n) is 1.74. The predicted molar refractivity (Wildman–Crippen MR) is 99.8 cm³/mol. The van der Waals surface area contributed by atoms with E-state index in [2.05, 4.69) is 22.7 Å². The van der Waals surface area contributed by atoms with Crippen molar-refractivity contribution in [1.82, 2.24) is 5.43 Å². The van der Waals surface area contributed by atoms with Crippen molar-refractivity contribution < 1.29 is 4.74 Å². The maximum Gasteiger partial charge on any atom is 0.184 e. The molecule has 0 spiro atoms. The van der Waals surface area contributed by atoms with E-state index in [-0.39, 0.29) is 11.7 Å². The van der Waals surface area contributed by atoms with E-state index in [4.69, 9.17) is 45.3 Å². The number of nitrogens with two attached hydrogens (primary N) is 1. The van der Waals surface area contributed by atoms with E-state index >= 15 is 0 Å². The van der Waals surface area contributed by atoms with Gasteiger partial charge in [0.05, 0.1) is 16.3 Å². The molecule has 8 heteroatoms. The number of benzene rings is 2. The van der Waals surface area contributed by atoms with Gasteiger partial charge in [0, 0.05) is 16.1 Å². The van der Waals surface area contributed by atoms with Crippen molar-refractivity contribution in [2.45, 2.75) is 6.61 Å². The molecule has 23 heavy (non-hydrogen) atoms. The van der Waals surface area contributed by atoms with Crippen LogP contribution in [-0.4, -0.2) is 11.3 Å². The number of hydrogen-bond acceptors (Lipinski definition) is 3. The lowest BCUT2D eigenvalue weighted by Gasteiger charge is -2.12. The first kappa shape index (κ1) is 17.8. The largest absolute Gasteiger partial charge is 0.488 e. The number of para-hydroxylation sites is 1. The Balaban J connectivity index is 2.17. The molecule has 2 aromatic rings. The molecular weight excluding hydrogens is 377 g/mol. The minimum Gasteiger partial charge on any atom is -0.488 e. The van der Waals surface area contributed by atoms with E-state index in [1.54, 1.807) is 24.4 Å². The highest BCUT2D eigenvalue weighted by molar-refractivity contribution is 7.80. The zero-order valence-corrected chi connectivity index (χ0v) is 14.8. The topological polar surface area (TPSA) is 59.6 Å². The van der Waals surface area contributed by atoms with E-state index < -0.39 is 0 Å². The number of thiocarbonyl (C=S) groups is 1. The van der Waals surface area contributed by atoms with Crippen LogP contribution < -0.4 is 15.9 Å². The van der Waals surface area contributed by atoms with E-state index in [0.29, 0.717) is 26.4 Å². The second-order valence-electron chi connectivity index (χ2n) is 4.38. The number of nitrogens with one attached hydrogen (secondary N) is 1. The number of nitrogens with zero attached hydrogens (tertiary/aromatic N) is 1. The molecule has 0 saturated heterocycles. The molecule has 2 aromatic carbocycles. The van der Waals surface area contributed by atoms with Crippen molar-refractivity contribution in [3.05, 3.63) is 62.6 Å². The number of rotatable bonds is 5. The first-order chi connectivity index (χ1) is 11.0. The Bertz CT molecular complexity index is 753. The third-order valence-electron chi connectivity index (χ3n) is 2.81. The summed E-state index contributed by atoms with van der Waals surface area (Å²) >= 11 is 23.0. The van der Waals surface area contributed by atoms with Crippen molar-refractivity contribution in [2.24, 2.45) is 10.8 Å². The Morgan fingerprint density at radius 3 is 2.61 bits per heavy atom. The lowest BCUT2D eigenvalue weighted by molar-refractivity contribution is 0.306. The van der Waals surface area contributed by atoms with Gasteiger partial charge in [0.2, 0.25) is 0 Å². The summed E-state index contributed by atoms with van der Waals surface area (Å²) < 4.78 is 5.79. The summed E-state index contributed by atoms with van der Waals surface area (Å²) in [7, 11) is 0. The maximum absolute atomic E-state index is 6.16. The molecule has 120 valence electrons. The van der Waals surface area contributed by atoms with E-state index in [1.165, 1.54) is 0 Å². The van der Waals surface area contributed by atoms with Crippen LogP contribution in [-0.2, 0) is 6.61 Å². The van der Waals surface area contributed by atoms with E-state index in [9.17, 15) is 0 Å². The van der Waals surface area contributed by atoms with Gasteiger partial charge in [-0.05, 0) is 36.5 Å². The smallest absolute Gasteiger partial charge is 0.184 e. The van der Waals surface area contributed by atoms with E-state index in [1.807, 2.05) is 18.2 Å². The standard InChI is InChI=1S/C15H12Cl3N3OS/c16-11-5-6-12(17)14(18)10(11)8-22-13-4-2-1-3-9(13)7-20-21-15(19)23/h1-7H,8H2,(H3,19,21,23)/b20-7-. The Morgan fingerprint density at radius 2 is 1.87 bits per heavy atom. The molecule has 2 rings (SSSR count). The minimum atomic E-state index is 0.0807. The maximum atomic E-state index is 6.16. The molecular formula is C15H12Cl3N3OS. The highest BCUT2D eigenvalue weighted by Crippen LogP contribution is 2.32. The zero-order valence-electron chi connectivity index (χ0n) is 11.7. The molecule has 0 atom stereocenters. The van der Waals surface area contributed by atoms with Crippen LogP contribution in [0.15, 0.2) is 41.5 Å². The molecule has 0 radical (unpaired) electrons. The summed E-state index contributed by atoms with van der Waals surface area (Å²) in [5, 5.41) is 5.28. The molecule has 0 aliphatic rings. The molecule has 4 nitrogen and oxygen atoms in total. The van der Waals surface area contributed by atoms with Crippen molar-refractivity contribution in [3.8, 4) is 5.75 Å². The van der Waals surface area contributed by atoms with Crippen molar-refractivity contribution >= 4 is 58.3 Å². The Hall–Kier alpha value is -1.53. The third-order valence-corrected chi connectivity index (χ3v) is 4.10. The number of hydrogen-bond donors (Lipinski definition) is 2. The predicted octanol–water partition coefficient (Wildman–Crippen LogP) is 4.39. The molecule has 3 N–H and O–H groups in total. The Morgan fingerprint density at radius 1 is 1.17 bits per heavy atom. The van der Waals surface area contributed by atoms with Crippen LogP contribution in [0.4, 0.5) is 0 Å². The van der Waals surface area contributed by atoms with Gasteiger partial charge in [-0.1, -0.05) is 46.9 Å². The Labute approximate surface area is 154 Å². The molecule has 0 bridgehead atoms. The quantitative estimate of drug-likeness (QED) is 0.345. The van der Waals surface area contributed by atoms with Gasteiger partial charge in [-0.2, -0.15) is 5.10 Å². The molecule has 0 amide bonds. The molecule has 0 heterocycles. The van der Waals surface area contributed by atoms with Gasteiger partial charge in [0.1, 0.15) is 12.4 Å². The zero-order chi connectivity index (χ0) is 16.8.